The number of likely N-dealkylation sites (tertiary alicyclic amines) is 1. The molecule has 1 atom stereocenters. The lowest BCUT2D eigenvalue weighted by Gasteiger charge is -2.33. The number of piperidine rings is 1. The van der Waals surface area contributed by atoms with E-state index in [2.05, 4.69) is 0 Å². The van der Waals surface area contributed by atoms with Gasteiger partial charge in [-0.05, 0) is 37.3 Å². The highest BCUT2D eigenvalue weighted by Gasteiger charge is 2.36. The fourth-order valence-corrected chi connectivity index (χ4v) is 3.05. The Labute approximate surface area is 122 Å². The Kier molecular flexibility index (Phi) is 3.66. The molecule has 1 saturated carbocycles. The highest BCUT2D eigenvalue weighted by molar-refractivity contribution is 5.88. The van der Waals surface area contributed by atoms with Crippen LogP contribution in [0, 0.1) is 11.7 Å². The van der Waals surface area contributed by atoms with Crippen molar-refractivity contribution in [1.29, 1.82) is 0 Å². The van der Waals surface area contributed by atoms with Gasteiger partial charge in [-0.2, -0.15) is 0 Å². The number of carbonyl (C=O) groups excluding carboxylic acids is 1. The predicted molar refractivity (Wildman–Crippen MR) is 74.6 cm³/mol. The van der Waals surface area contributed by atoms with E-state index in [1.54, 1.807) is 12.1 Å². The van der Waals surface area contributed by atoms with Gasteiger partial charge in [0.2, 0.25) is 5.91 Å². The van der Waals surface area contributed by atoms with Crippen LogP contribution in [0.4, 0.5) is 4.39 Å². The van der Waals surface area contributed by atoms with Crippen LogP contribution in [-0.2, 0) is 4.79 Å². The smallest absolute Gasteiger partial charge is 0.338 e. The van der Waals surface area contributed by atoms with Gasteiger partial charge in [-0.25, -0.2) is 9.18 Å². The summed E-state index contributed by atoms with van der Waals surface area (Å²) >= 11 is 0. The van der Waals surface area contributed by atoms with E-state index < -0.39 is 11.8 Å². The molecule has 1 unspecified atom stereocenters. The average molecular weight is 291 g/mol. The standard InChI is InChI=1S/C16H18FNO3/c17-14-12(4-1-5-13(14)16(20)21)11-3-2-8-18(9-11)15(19)10-6-7-10/h1,4-5,10-11H,2-3,6-9H2,(H,20,21). The van der Waals surface area contributed by atoms with Crippen LogP contribution in [0.1, 0.15) is 47.5 Å². The van der Waals surface area contributed by atoms with Crippen LogP contribution in [0.25, 0.3) is 0 Å². The quantitative estimate of drug-likeness (QED) is 0.931. The van der Waals surface area contributed by atoms with Gasteiger partial charge < -0.3 is 10.0 Å². The van der Waals surface area contributed by atoms with Gasteiger partial charge in [0.1, 0.15) is 5.82 Å². The third-order valence-corrected chi connectivity index (χ3v) is 4.36. The first-order chi connectivity index (χ1) is 10.1. The molecule has 2 aliphatic rings. The molecular formula is C16H18FNO3. The van der Waals surface area contributed by atoms with Crippen LogP contribution in [0.15, 0.2) is 18.2 Å². The van der Waals surface area contributed by atoms with Gasteiger partial charge in [-0.15, -0.1) is 0 Å². The van der Waals surface area contributed by atoms with E-state index >= 15 is 0 Å². The second-order valence-electron chi connectivity index (χ2n) is 5.91. The van der Waals surface area contributed by atoms with Crippen molar-refractivity contribution in [2.45, 2.75) is 31.6 Å². The maximum atomic E-state index is 14.3. The molecule has 1 aromatic carbocycles. The first kappa shape index (κ1) is 14.0. The summed E-state index contributed by atoms with van der Waals surface area (Å²) in [6.07, 6.45) is 3.54. The van der Waals surface area contributed by atoms with Crippen molar-refractivity contribution in [3.05, 3.63) is 35.1 Å². The van der Waals surface area contributed by atoms with Crippen molar-refractivity contribution < 1.29 is 19.1 Å². The number of aromatic carboxylic acids is 1. The van der Waals surface area contributed by atoms with Crippen LogP contribution < -0.4 is 0 Å². The number of carbonyl (C=O) groups is 2. The maximum Gasteiger partial charge on any atom is 0.338 e. The molecule has 1 saturated heterocycles. The lowest BCUT2D eigenvalue weighted by Crippen LogP contribution is -2.40. The number of carboxylic acid groups (broad SMARTS) is 1. The van der Waals surface area contributed by atoms with E-state index in [0.717, 1.165) is 32.2 Å². The molecule has 1 N–H and O–H groups in total. The van der Waals surface area contributed by atoms with Crippen LogP contribution in [0.5, 0.6) is 0 Å². The molecule has 1 aromatic rings. The third-order valence-electron chi connectivity index (χ3n) is 4.36. The molecule has 3 rings (SSSR count). The molecule has 1 aliphatic heterocycles. The van der Waals surface area contributed by atoms with E-state index in [9.17, 15) is 14.0 Å². The van der Waals surface area contributed by atoms with Gasteiger partial charge in [-0.3, -0.25) is 4.79 Å². The minimum atomic E-state index is -1.25. The van der Waals surface area contributed by atoms with Gasteiger partial charge in [0.25, 0.3) is 0 Å². The summed E-state index contributed by atoms with van der Waals surface area (Å²) in [5, 5.41) is 9.01. The molecule has 1 aliphatic carbocycles. The number of halogens is 1. The summed E-state index contributed by atoms with van der Waals surface area (Å²) in [6, 6.07) is 4.48. The summed E-state index contributed by atoms with van der Waals surface area (Å²) in [6.45, 7) is 1.22. The summed E-state index contributed by atoms with van der Waals surface area (Å²) in [5.41, 5.74) is 0.126. The highest BCUT2D eigenvalue weighted by atomic mass is 19.1. The molecule has 1 amide bonds. The summed E-state index contributed by atoms with van der Waals surface area (Å²) in [4.78, 5) is 25.0. The molecule has 1 heterocycles. The highest BCUT2D eigenvalue weighted by Crippen LogP contribution is 2.35. The van der Waals surface area contributed by atoms with E-state index in [1.807, 2.05) is 4.90 Å². The molecule has 0 aromatic heterocycles. The van der Waals surface area contributed by atoms with Gasteiger partial charge in [0.05, 0.1) is 5.56 Å². The van der Waals surface area contributed by atoms with Crippen molar-refractivity contribution in [1.82, 2.24) is 4.90 Å². The predicted octanol–water partition coefficient (Wildman–Crippen LogP) is 2.64. The van der Waals surface area contributed by atoms with E-state index in [0.29, 0.717) is 12.1 Å². The molecule has 0 spiro atoms. The maximum absolute atomic E-state index is 14.3. The number of hydrogen-bond acceptors (Lipinski definition) is 2. The van der Waals surface area contributed by atoms with Crippen molar-refractivity contribution >= 4 is 11.9 Å². The van der Waals surface area contributed by atoms with E-state index in [1.165, 1.54) is 6.07 Å². The molecule has 112 valence electrons. The molecular weight excluding hydrogens is 273 g/mol. The second-order valence-corrected chi connectivity index (χ2v) is 5.91. The summed E-state index contributed by atoms with van der Waals surface area (Å²) < 4.78 is 14.3. The van der Waals surface area contributed by atoms with Crippen molar-refractivity contribution in [3.8, 4) is 0 Å². The fourth-order valence-electron chi connectivity index (χ4n) is 3.05. The average Bonchev–Trinajstić information content (AvgIpc) is 3.31. The van der Waals surface area contributed by atoms with Crippen LogP contribution in [0.3, 0.4) is 0 Å². The lowest BCUT2D eigenvalue weighted by molar-refractivity contribution is -0.133. The largest absolute Gasteiger partial charge is 0.478 e. The normalized spacial score (nSPS) is 22.1. The number of nitrogens with zero attached hydrogens (tertiary/aromatic N) is 1. The van der Waals surface area contributed by atoms with E-state index in [4.69, 9.17) is 5.11 Å². The van der Waals surface area contributed by atoms with Gasteiger partial charge >= 0.3 is 5.97 Å². The van der Waals surface area contributed by atoms with Crippen molar-refractivity contribution in [3.63, 3.8) is 0 Å². The van der Waals surface area contributed by atoms with Gasteiger partial charge in [0, 0.05) is 24.9 Å². The number of benzene rings is 1. The van der Waals surface area contributed by atoms with E-state index in [-0.39, 0.29) is 23.3 Å². The zero-order valence-corrected chi connectivity index (χ0v) is 11.7. The number of carboxylic acids is 1. The van der Waals surface area contributed by atoms with Crippen LogP contribution in [0.2, 0.25) is 0 Å². The SMILES string of the molecule is O=C(O)c1cccc(C2CCCN(C(=O)C3CC3)C2)c1F. The Bertz CT molecular complexity index is 583. The Morgan fingerprint density at radius 2 is 2.00 bits per heavy atom. The molecule has 2 fully saturated rings. The van der Waals surface area contributed by atoms with Crippen LogP contribution >= 0.6 is 0 Å². The Balaban J connectivity index is 1.81. The lowest BCUT2D eigenvalue weighted by atomic mass is 9.89. The molecule has 0 radical (unpaired) electrons. The first-order valence-electron chi connectivity index (χ1n) is 7.38. The third kappa shape index (κ3) is 2.77. The minimum Gasteiger partial charge on any atom is -0.478 e. The molecule has 0 bridgehead atoms. The first-order valence-corrected chi connectivity index (χ1v) is 7.38. The molecule has 4 nitrogen and oxygen atoms in total. The summed E-state index contributed by atoms with van der Waals surface area (Å²) in [7, 11) is 0. The Morgan fingerprint density at radius 3 is 2.67 bits per heavy atom. The summed E-state index contributed by atoms with van der Waals surface area (Å²) in [5.74, 6) is -1.68. The monoisotopic (exact) mass is 291 g/mol. The second kappa shape index (κ2) is 5.47. The minimum absolute atomic E-state index is 0.110. The number of hydrogen-bond donors (Lipinski definition) is 1. The van der Waals surface area contributed by atoms with Crippen molar-refractivity contribution in [2.24, 2.45) is 5.92 Å². The van der Waals surface area contributed by atoms with Gasteiger partial charge in [-0.1, -0.05) is 12.1 Å². The molecule has 5 heteroatoms. The van der Waals surface area contributed by atoms with Crippen LogP contribution in [-0.4, -0.2) is 35.0 Å². The number of amides is 1. The zero-order valence-electron chi connectivity index (χ0n) is 11.7. The Hall–Kier alpha value is -1.91. The number of rotatable bonds is 3. The fraction of sp³-hybridized carbons (Fsp3) is 0.500. The zero-order chi connectivity index (χ0) is 15.0. The molecule has 21 heavy (non-hydrogen) atoms. The van der Waals surface area contributed by atoms with Gasteiger partial charge in [0.15, 0.2) is 0 Å². The van der Waals surface area contributed by atoms with Crippen molar-refractivity contribution in [2.75, 3.05) is 13.1 Å². The Morgan fingerprint density at radius 1 is 1.24 bits per heavy atom. The topological polar surface area (TPSA) is 57.6 Å².